The lowest BCUT2D eigenvalue weighted by molar-refractivity contribution is -0.116. The van der Waals surface area contributed by atoms with Crippen molar-refractivity contribution in [2.75, 3.05) is 0 Å². The Balaban J connectivity index is 2.00. The maximum absolute atomic E-state index is 11.8. The van der Waals surface area contributed by atoms with E-state index in [2.05, 4.69) is 4.98 Å². The molecule has 2 heterocycles. The van der Waals surface area contributed by atoms with Gasteiger partial charge in [0.25, 0.3) is 0 Å². The van der Waals surface area contributed by atoms with Gasteiger partial charge < -0.3 is 8.98 Å². The molecule has 0 saturated heterocycles. The van der Waals surface area contributed by atoms with Crippen LogP contribution in [0.5, 0.6) is 0 Å². The minimum atomic E-state index is -0.312. The van der Waals surface area contributed by atoms with E-state index in [4.69, 9.17) is 4.42 Å². The molecule has 2 aromatic heterocycles. The van der Waals surface area contributed by atoms with Gasteiger partial charge in [0.05, 0.1) is 17.5 Å². The Morgan fingerprint density at radius 1 is 1.19 bits per heavy atom. The molecule has 0 spiro atoms. The Bertz CT molecular complexity index is 842. The predicted octanol–water partition coefficient (Wildman–Crippen LogP) is 3.00. The van der Waals surface area contributed by atoms with Crippen LogP contribution in [-0.4, -0.2) is 21.1 Å². The second-order valence-electron chi connectivity index (χ2n) is 4.95. The van der Waals surface area contributed by atoms with Crippen molar-refractivity contribution in [1.82, 2.24) is 9.55 Å². The third-order valence-corrected chi connectivity index (χ3v) is 3.30. The van der Waals surface area contributed by atoms with Gasteiger partial charge in [-0.15, -0.1) is 0 Å². The first-order valence-corrected chi connectivity index (χ1v) is 6.60. The molecule has 0 radical (unpaired) electrons. The highest BCUT2D eigenvalue weighted by atomic mass is 16.3. The number of furan rings is 1. The molecule has 0 unspecified atom stereocenters. The molecule has 3 rings (SSSR count). The Morgan fingerprint density at radius 2 is 1.95 bits per heavy atom. The molecule has 5 heteroatoms. The highest BCUT2D eigenvalue weighted by Gasteiger charge is 2.17. The molecule has 0 aliphatic rings. The van der Waals surface area contributed by atoms with Gasteiger partial charge in [0, 0.05) is 7.05 Å². The zero-order valence-electron chi connectivity index (χ0n) is 11.8. The number of carbonyl (C=O) groups is 2. The van der Waals surface area contributed by atoms with Crippen molar-refractivity contribution in [1.29, 1.82) is 0 Å². The van der Waals surface area contributed by atoms with Gasteiger partial charge in [0.1, 0.15) is 5.78 Å². The molecule has 0 atom stereocenters. The van der Waals surface area contributed by atoms with Gasteiger partial charge in [-0.3, -0.25) is 9.59 Å². The summed E-state index contributed by atoms with van der Waals surface area (Å²) in [4.78, 5) is 27.3. The fourth-order valence-electron chi connectivity index (χ4n) is 2.29. The van der Waals surface area contributed by atoms with E-state index in [9.17, 15) is 9.59 Å². The molecule has 5 nitrogen and oxygen atoms in total. The largest absolute Gasteiger partial charge is 0.450 e. The first-order chi connectivity index (χ1) is 10.1. The number of benzene rings is 1. The van der Waals surface area contributed by atoms with Crippen LogP contribution < -0.4 is 0 Å². The Labute approximate surface area is 121 Å². The number of carbonyl (C=O) groups excluding carboxylic acids is 2. The standard InChI is InChI=1S/C16H14N2O3/c1-10(19)9-13(20)14-7-8-15(21-14)16-17-11-5-3-4-6-12(11)18(16)2/h3-8H,9H2,1-2H3. The number of fused-ring (bicyclic) bond motifs is 1. The first kappa shape index (κ1) is 13.3. The lowest BCUT2D eigenvalue weighted by atomic mass is 10.2. The van der Waals surface area contributed by atoms with E-state index < -0.39 is 0 Å². The number of para-hydroxylation sites is 2. The summed E-state index contributed by atoms with van der Waals surface area (Å²) in [6.07, 6.45) is -0.143. The number of aryl methyl sites for hydroxylation is 1. The molecular formula is C16H14N2O3. The molecule has 0 N–H and O–H groups in total. The summed E-state index contributed by atoms with van der Waals surface area (Å²) in [6, 6.07) is 11.0. The molecular weight excluding hydrogens is 268 g/mol. The summed E-state index contributed by atoms with van der Waals surface area (Å²) in [5.74, 6) is 0.860. The molecule has 0 fully saturated rings. The molecule has 106 valence electrons. The Morgan fingerprint density at radius 3 is 2.67 bits per heavy atom. The van der Waals surface area contributed by atoms with Crippen LogP contribution in [0, 0.1) is 0 Å². The molecule has 0 aliphatic carbocycles. The lowest BCUT2D eigenvalue weighted by Gasteiger charge is -1.98. The van der Waals surface area contributed by atoms with Gasteiger partial charge in [-0.05, 0) is 31.2 Å². The lowest BCUT2D eigenvalue weighted by Crippen LogP contribution is -2.03. The fraction of sp³-hybridized carbons (Fsp3) is 0.188. The molecule has 21 heavy (non-hydrogen) atoms. The van der Waals surface area contributed by atoms with E-state index in [1.54, 1.807) is 12.1 Å². The molecule has 3 aromatic rings. The van der Waals surface area contributed by atoms with Gasteiger partial charge in [-0.2, -0.15) is 0 Å². The summed E-state index contributed by atoms with van der Waals surface area (Å²) in [7, 11) is 1.89. The minimum Gasteiger partial charge on any atom is -0.450 e. The molecule has 0 amide bonds. The number of hydrogen-bond donors (Lipinski definition) is 0. The van der Waals surface area contributed by atoms with Crippen LogP contribution in [0.2, 0.25) is 0 Å². The van der Waals surface area contributed by atoms with Crippen molar-refractivity contribution in [2.45, 2.75) is 13.3 Å². The quantitative estimate of drug-likeness (QED) is 0.545. The number of Topliss-reactive ketones (excluding diaryl/α,β-unsaturated/α-hetero) is 2. The van der Waals surface area contributed by atoms with Crippen LogP contribution in [0.1, 0.15) is 23.9 Å². The average molecular weight is 282 g/mol. The van der Waals surface area contributed by atoms with Gasteiger partial charge in [0.15, 0.2) is 17.3 Å². The summed E-state index contributed by atoms with van der Waals surface area (Å²) in [5, 5.41) is 0. The summed E-state index contributed by atoms with van der Waals surface area (Å²) < 4.78 is 7.47. The van der Waals surface area contributed by atoms with Crippen LogP contribution in [0.15, 0.2) is 40.8 Å². The minimum absolute atomic E-state index is 0.143. The van der Waals surface area contributed by atoms with E-state index in [1.807, 2.05) is 35.9 Å². The zero-order valence-corrected chi connectivity index (χ0v) is 11.8. The van der Waals surface area contributed by atoms with Crippen LogP contribution >= 0.6 is 0 Å². The number of imidazole rings is 1. The number of nitrogens with zero attached hydrogens (tertiary/aromatic N) is 2. The van der Waals surface area contributed by atoms with Gasteiger partial charge in [-0.1, -0.05) is 12.1 Å². The van der Waals surface area contributed by atoms with Crippen molar-refractivity contribution in [2.24, 2.45) is 7.05 Å². The van der Waals surface area contributed by atoms with Crippen molar-refractivity contribution in [3.8, 4) is 11.6 Å². The van der Waals surface area contributed by atoms with Gasteiger partial charge in [-0.25, -0.2) is 4.98 Å². The summed E-state index contributed by atoms with van der Waals surface area (Å²) in [5.41, 5.74) is 1.85. The normalized spacial score (nSPS) is 11.0. The second kappa shape index (κ2) is 5.01. The summed E-state index contributed by atoms with van der Waals surface area (Å²) in [6.45, 7) is 1.38. The van der Waals surface area contributed by atoms with Gasteiger partial charge in [0.2, 0.25) is 5.78 Å². The van der Waals surface area contributed by atoms with E-state index in [1.165, 1.54) is 6.92 Å². The topological polar surface area (TPSA) is 65.1 Å². The molecule has 1 aromatic carbocycles. The molecule has 0 saturated carbocycles. The van der Waals surface area contributed by atoms with Crippen LogP contribution in [0.3, 0.4) is 0 Å². The third kappa shape index (κ3) is 2.38. The van der Waals surface area contributed by atoms with Crippen molar-refractivity contribution in [3.63, 3.8) is 0 Å². The fourth-order valence-corrected chi connectivity index (χ4v) is 2.29. The number of hydrogen-bond acceptors (Lipinski definition) is 4. The number of rotatable bonds is 4. The third-order valence-electron chi connectivity index (χ3n) is 3.30. The van der Waals surface area contributed by atoms with Crippen LogP contribution in [0.4, 0.5) is 0 Å². The molecule has 0 aliphatic heterocycles. The maximum atomic E-state index is 11.8. The number of aromatic nitrogens is 2. The predicted molar refractivity (Wildman–Crippen MR) is 78.0 cm³/mol. The maximum Gasteiger partial charge on any atom is 0.205 e. The van der Waals surface area contributed by atoms with Crippen molar-refractivity contribution >= 4 is 22.6 Å². The van der Waals surface area contributed by atoms with Crippen LogP contribution in [-0.2, 0) is 11.8 Å². The van der Waals surface area contributed by atoms with Crippen molar-refractivity contribution < 1.29 is 14.0 Å². The SMILES string of the molecule is CC(=O)CC(=O)c1ccc(-c2nc3ccccc3n2C)o1. The molecule has 0 bridgehead atoms. The first-order valence-electron chi connectivity index (χ1n) is 6.60. The number of ketones is 2. The highest BCUT2D eigenvalue weighted by molar-refractivity contribution is 6.06. The smallest absolute Gasteiger partial charge is 0.205 e. The van der Waals surface area contributed by atoms with E-state index in [0.29, 0.717) is 11.6 Å². The average Bonchev–Trinajstić information content (AvgIpc) is 3.04. The van der Waals surface area contributed by atoms with Gasteiger partial charge >= 0.3 is 0 Å². The Kier molecular flexibility index (Phi) is 3.17. The summed E-state index contributed by atoms with van der Waals surface area (Å²) >= 11 is 0. The van der Waals surface area contributed by atoms with E-state index in [0.717, 1.165) is 11.0 Å². The van der Waals surface area contributed by atoms with E-state index >= 15 is 0 Å². The highest BCUT2D eigenvalue weighted by Crippen LogP contribution is 2.25. The zero-order chi connectivity index (χ0) is 15.0. The van der Waals surface area contributed by atoms with E-state index in [-0.39, 0.29) is 23.7 Å². The second-order valence-corrected chi connectivity index (χ2v) is 4.95. The van der Waals surface area contributed by atoms with Crippen LogP contribution in [0.25, 0.3) is 22.6 Å². The monoisotopic (exact) mass is 282 g/mol. The Hall–Kier alpha value is -2.69. The van der Waals surface area contributed by atoms with Crippen molar-refractivity contribution in [3.05, 3.63) is 42.2 Å².